The van der Waals surface area contributed by atoms with Crippen LogP contribution in [0.3, 0.4) is 0 Å². The van der Waals surface area contributed by atoms with Crippen LogP contribution in [0.4, 0.5) is 0 Å². The zero-order valence-corrected chi connectivity index (χ0v) is 9.85. The Hall–Kier alpha value is -1.86. The number of pyridine rings is 1. The molecule has 82 valence electrons. The van der Waals surface area contributed by atoms with Crippen LogP contribution in [0.15, 0.2) is 60.8 Å². The number of nitrogens with zero attached hydrogens (tertiary/aromatic N) is 1. The highest BCUT2D eigenvalue weighted by Gasteiger charge is 2.06. The zero-order chi connectivity index (χ0) is 11.7. The summed E-state index contributed by atoms with van der Waals surface area (Å²) < 4.78 is 0. The first-order valence-corrected chi connectivity index (χ1v) is 5.83. The van der Waals surface area contributed by atoms with E-state index in [-0.39, 0.29) is 0 Å². The van der Waals surface area contributed by atoms with Crippen LogP contribution < -0.4 is 0 Å². The molecule has 0 N–H and O–H groups in total. The molecule has 0 amide bonds. The third-order valence-corrected chi connectivity index (χ3v) is 3.09. The molecule has 0 aliphatic heterocycles. The first kappa shape index (κ1) is 10.3. The molecule has 0 saturated carbocycles. The molecule has 0 aliphatic rings. The van der Waals surface area contributed by atoms with Crippen molar-refractivity contribution in [2.24, 2.45) is 0 Å². The number of aromatic nitrogens is 1. The Bertz CT molecular complexity index is 662. The van der Waals surface area contributed by atoms with Gasteiger partial charge in [-0.15, -0.1) is 0 Å². The lowest BCUT2D eigenvalue weighted by molar-refractivity contribution is 1.36. The summed E-state index contributed by atoms with van der Waals surface area (Å²) in [6.45, 7) is 0. The number of hydrogen-bond donors (Lipinski definition) is 0. The van der Waals surface area contributed by atoms with Gasteiger partial charge in [-0.2, -0.15) is 0 Å². The van der Waals surface area contributed by atoms with Crippen LogP contribution in [-0.4, -0.2) is 4.98 Å². The average molecular weight is 240 g/mol. The molecule has 3 rings (SSSR count). The fourth-order valence-corrected chi connectivity index (χ4v) is 2.20. The molecule has 0 spiro atoms. The smallest absolute Gasteiger partial charge is 0.0781 e. The molecular weight excluding hydrogens is 230 g/mol. The van der Waals surface area contributed by atoms with E-state index in [9.17, 15) is 0 Å². The van der Waals surface area contributed by atoms with Crippen molar-refractivity contribution in [2.75, 3.05) is 0 Å². The molecule has 0 fully saturated rings. The van der Waals surface area contributed by atoms with Crippen molar-refractivity contribution in [1.29, 1.82) is 0 Å². The van der Waals surface area contributed by atoms with Gasteiger partial charge in [0.2, 0.25) is 0 Å². The SMILES string of the molecule is Clc1cnc(-c2ccccc2)c2ccccc12. The normalized spacial score (nSPS) is 10.6. The summed E-state index contributed by atoms with van der Waals surface area (Å²) in [4.78, 5) is 4.44. The van der Waals surface area contributed by atoms with E-state index < -0.39 is 0 Å². The molecular formula is C15H10ClN. The summed E-state index contributed by atoms with van der Waals surface area (Å²) >= 11 is 6.15. The average Bonchev–Trinajstić information content (AvgIpc) is 2.41. The van der Waals surface area contributed by atoms with E-state index in [4.69, 9.17) is 11.6 Å². The van der Waals surface area contributed by atoms with Crippen molar-refractivity contribution in [3.8, 4) is 11.3 Å². The van der Waals surface area contributed by atoms with Crippen molar-refractivity contribution in [1.82, 2.24) is 4.98 Å². The lowest BCUT2D eigenvalue weighted by Crippen LogP contribution is -1.86. The topological polar surface area (TPSA) is 12.9 Å². The predicted molar refractivity (Wildman–Crippen MR) is 72.2 cm³/mol. The van der Waals surface area contributed by atoms with Gasteiger partial charge in [-0.1, -0.05) is 66.2 Å². The monoisotopic (exact) mass is 239 g/mol. The van der Waals surface area contributed by atoms with Crippen molar-refractivity contribution >= 4 is 22.4 Å². The van der Waals surface area contributed by atoms with Gasteiger partial charge in [-0.25, -0.2) is 0 Å². The molecule has 0 radical (unpaired) electrons. The molecule has 1 heterocycles. The minimum absolute atomic E-state index is 0.695. The summed E-state index contributed by atoms with van der Waals surface area (Å²) in [6.07, 6.45) is 1.71. The Labute approximate surface area is 105 Å². The summed E-state index contributed by atoms with van der Waals surface area (Å²) in [7, 11) is 0. The number of fused-ring (bicyclic) bond motifs is 1. The van der Waals surface area contributed by atoms with Crippen LogP contribution in [-0.2, 0) is 0 Å². The molecule has 0 saturated heterocycles. The fourth-order valence-electron chi connectivity index (χ4n) is 1.98. The first-order valence-electron chi connectivity index (χ1n) is 5.45. The molecule has 1 aromatic heterocycles. The van der Waals surface area contributed by atoms with Crippen molar-refractivity contribution < 1.29 is 0 Å². The minimum Gasteiger partial charge on any atom is -0.254 e. The summed E-state index contributed by atoms with van der Waals surface area (Å²) in [5.41, 5.74) is 2.09. The Morgan fingerprint density at radius 2 is 1.41 bits per heavy atom. The molecule has 3 aromatic rings. The summed E-state index contributed by atoms with van der Waals surface area (Å²) in [6, 6.07) is 18.2. The Morgan fingerprint density at radius 3 is 2.18 bits per heavy atom. The summed E-state index contributed by atoms with van der Waals surface area (Å²) in [5, 5.41) is 2.83. The number of hydrogen-bond acceptors (Lipinski definition) is 1. The van der Waals surface area contributed by atoms with Crippen LogP contribution in [0.2, 0.25) is 5.02 Å². The van der Waals surface area contributed by atoms with Crippen molar-refractivity contribution in [2.45, 2.75) is 0 Å². The van der Waals surface area contributed by atoms with Crippen LogP contribution >= 0.6 is 11.6 Å². The summed E-state index contributed by atoms with van der Waals surface area (Å²) in [5.74, 6) is 0. The van der Waals surface area contributed by atoms with Gasteiger partial charge < -0.3 is 0 Å². The van der Waals surface area contributed by atoms with Crippen molar-refractivity contribution in [3.63, 3.8) is 0 Å². The minimum atomic E-state index is 0.695. The molecule has 0 bridgehead atoms. The molecule has 0 unspecified atom stereocenters. The van der Waals surface area contributed by atoms with Gasteiger partial charge >= 0.3 is 0 Å². The van der Waals surface area contributed by atoms with E-state index in [0.717, 1.165) is 22.0 Å². The van der Waals surface area contributed by atoms with E-state index in [1.54, 1.807) is 6.20 Å². The van der Waals surface area contributed by atoms with Gasteiger partial charge in [0.25, 0.3) is 0 Å². The standard InChI is InChI=1S/C15H10ClN/c16-14-10-17-15(11-6-2-1-3-7-11)13-9-5-4-8-12(13)14/h1-10H. The number of rotatable bonds is 1. The largest absolute Gasteiger partial charge is 0.254 e. The lowest BCUT2D eigenvalue weighted by atomic mass is 10.0. The quantitative estimate of drug-likeness (QED) is 0.607. The Balaban J connectivity index is 2.35. The van der Waals surface area contributed by atoms with E-state index in [0.29, 0.717) is 5.02 Å². The lowest BCUT2D eigenvalue weighted by Gasteiger charge is -2.06. The van der Waals surface area contributed by atoms with Crippen LogP contribution in [0.25, 0.3) is 22.0 Å². The van der Waals surface area contributed by atoms with Gasteiger partial charge in [0.1, 0.15) is 0 Å². The second-order valence-electron chi connectivity index (χ2n) is 3.87. The highest BCUT2D eigenvalue weighted by molar-refractivity contribution is 6.35. The van der Waals surface area contributed by atoms with Gasteiger partial charge in [0.05, 0.1) is 10.7 Å². The molecule has 0 atom stereocenters. The second-order valence-corrected chi connectivity index (χ2v) is 4.27. The zero-order valence-electron chi connectivity index (χ0n) is 9.10. The number of benzene rings is 2. The molecule has 2 aromatic carbocycles. The molecule has 0 aliphatic carbocycles. The van der Waals surface area contributed by atoms with E-state index in [1.165, 1.54) is 0 Å². The maximum Gasteiger partial charge on any atom is 0.0781 e. The fraction of sp³-hybridized carbons (Fsp3) is 0. The third kappa shape index (κ3) is 1.79. The second kappa shape index (κ2) is 4.19. The van der Waals surface area contributed by atoms with Crippen LogP contribution in [0, 0.1) is 0 Å². The maximum atomic E-state index is 6.15. The van der Waals surface area contributed by atoms with Gasteiger partial charge in [0.15, 0.2) is 0 Å². The third-order valence-electron chi connectivity index (χ3n) is 2.79. The molecule has 1 nitrogen and oxygen atoms in total. The molecule has 17 heavy (non-hydrogen) atoms. The highest BCUT2D eigenvalue weighted by atomic mass is 35.5. The van der Waals surface area contributed by atoms with E-state index in [1.807, 2.05) is 36.4 Å². The van der Waals surface area contributed by atoms with Crippen LogP contribution in [0.5, 0.6) is 0 Å². The van der Waals surface area contributed by atoms with Gasteiger partial charge in [-0.3, -0.25) is 4.98 Å². The maximum absolute atomic E-state index is 6.15. The van der Waals surface area contributed by atoms with Crippen molar-refractivity contribution in [3.05, 3.63) is 65.8 Å². The Morgan fingerprint density at radius 1 is 0.765 bits per heavy atom. The van der Waals surface area contributed by atoms with Crippen LogP contribution in [0.1, 0.15) is 0 Å². The van der Waals surface area contributed by atoms with E-state index >= 15 is 0 Å². The number of halogens is 1. The highest BCUT2D eigenvalue weighted by Crippen LogP contribution is 2.30. The van der Waals surface area contributed by atoms with Gasteiger partial charge in [-0.05, 0) is 0 Å². The van der Waals surface area contributed by atoms with E-state index in [2.05, 4.69) is 23.2 Å². The molecule has 2 heteroatoms. The predicted octanol–water partition coefficient (Wildman–Crippen LogP) is 4.56. The van der Waals surface area contributed by atoms with Gasteiger partial charge in [0, 0.05) is 22.5 Å². The Kier molecular flexibility index (Phi) is 2.54. The first-order chi connectivity index (χ1) is 8.36.